The monoisotopic (exact) mass is 341 g/mol. The molecule has 6 nitrogen and oxygen atoms in total. The van der Waals surface area contributed by atoms with Gasteiger partial charge in [0.1, 0.15) is 0 Å². The lowest BCUT2D eigenvalue weighted by atomic mass is 10.1. The Hall–Kier alpha value is -2.10. The molecule has 6 heteroatoms. The van der Waals surface area contributed by atoms with Crippen molar-refractivity contribution >= 4 is 17.0 Å². The van der Waals surface area contributed by atoms with E-state index in [4.69, 9.17) is 15.4 Å². The Morgan fingerprint density at radius 2 is 2.16 bits per heavy atom. The number of piperidine rings is 1. The first kappa shape index (κ1) is 17.7. The summed E-state index contributed by atoms with van der Waals surface area (Å²) < 4.78 is 2.23. The fourth-order valence-electron chi connectivity index (χ4n) is 3.58. The van der Waals surface area contributed by atoms with E-state index < -0.39 is 0 Å². The van der Waals surface area contributed by atoms with E-state index in [0.717, 1.165) is 62.4 Å². The lowest BCUT2D eigenvalue weighted by Crippen LogP contribution is -2.40. The third-order valence-corrected chi connectivity index (χ3v) is 4.99. The van der Waals surface area contributed by atoms with Crippen LogP contribution in [0.3, 0.4) is 0 Å². The van der Waals surface area contributed by atoms with Gasteiger partial charge in [0.05, 0.1) is 23.7 Å². The van der Waals surface area contributed by atoms with Crippen LogP contribution in [-0.2, 0) is 13.0 Å². The van der Waals surface area contributed by atoms with E-state index in [1.165, 1.54) is 5.56 Å². The number of anilines is 1. The number of benzene rings is 1. The van der Waals surface area contributed by atoms with Crippen molar-refractivity contribution < 1.29 is 5.11 Å². The highest BCUT2D eigenvalue weighted by Gasteiger charge is 2.20. The van der Waals surface area contributed by atoms with Gasteiger partial charge >= 0.3 is 0 Å². The number of aryl methyl sites for hydroxylation is 2. The van der Waals surface area contributed by atoms with Gasteiger partial charge in [0.15, 0.2) is 0 Å². The highest BCUT2D eigenvalue weighted by Crippen LogP contribution is 2.24. The fraction of sp³-hybridized carbons (Fsp3) is 0.579. The van der Waals surface area contributed by atoms with Gasteiger partial charge in [-0.1, -0.05) is 6.07 Å². The average Bonchev–Trinajstić information content (AvgIpc) is 2.98. The molecule has 1 aliphatic heterocycles. The SMILES string of the molecule is CCn1c(NC2CCN(CCO)CC2)nc2ccc(CCC#N)cc21. The predicted molar refractivity (Wildman–Crippen MR) is 99.5 cm³/mol. The zero-order chi connectivity index (χ0) is 17.6. The molecule has 1 saturated heterocycles. The van der Waals surface area contributed by atoms with Crippen molar-refractivity contribution in [3.05, 3.63) is 23.8 Å². The molecule has 3 rings (SSSR count). The largest absolute Gasteiger partial charge is 0.395 e. The van der Waals surface area contributed by atoms with Crippen molar-refractivity contribution in [1.82, 2.24) is 14.5 Å². The van der Waals surface area contributed by atoms with Gasteiger partial charge in [-0.15, -0.1) is 0 Å². The van der Waals surface area contributed by atoms with Crippen molar-refractivity contribution in [1.29, 1.82) is 5.26 Å². The van der Waals surface area contributed by atoms with Gasteiger partial charge in [-0.3, -0.25) is 0 Å². The van der Waals surface area contributed by atoms with Crippen LogP contribution in [0.1, 0.15) is 31.7 Å². The Labute approximate surface area is 149 Å². The molecule has 0 spiro atoms. The van der Waals surface area contributed by atoms with Crippen molar-refractivity contribution in [3.63, 3.8) is 0 Å². The minimum atomic E-state index is 0.234. The quantitative estimate of drug-likeness (QED) is 0.808. The number of aromatic nitrogens is 2. The number of β-amino-alcohol motifs (C(OH)–C–C–N with tert-alkyl or cyclic N) is 1. The first-order chi connectivity index (χ1) is 12.2. The number of likely N-dealkylation sites (tertiary alicyclic amines) is 1. The van der Waals surface area contributed by atoms with E-state index in [1.54, 1.807) is 0 Å². The van der Waals surface area contributed by atoms with Crippen LogP contribution in [-0.4, -0.2) is 51.8 Å². The number of hydrogen-bond acceptors (Lipinski definition) is 5. The molecule has 2 aromatic rings. The Morgan fingerprint density at radius 3 is 2.84 bits per heavy atom. The zero-order valence-electron chi connectivity index (χ0n) is 14.9. The summed E-state index contributed by atoms with van der Waals surface area (Å²) in [5.74, 6) is 0.940. The van der Waals surface area contributed by atoms with E-state index >= 15 is 0 Å². The molecular formula is C19H27N5O. The van der Waals surface area contributed by atoms with Crippen LogP contribution in [0, 0.1) is 11.3 Å². The second-order valence-electron chi connectivity index (χ2n) is 6.64. The summed E-state index contributed by atoms with van der Waals surface area (Å²) in [7, 11) is 0. The molecule has 0 unspecified atom stereocenters. The first-order valence-corrected chi connectivity index (χ1v) is 9.21. The van der Waals surface area contributed by atoms with E-state index in [9.17, 15) is 0 Å². The van der Waals surface area contributed by atoms with Crippen molar-refractivity contribution in [2.45, 2.75) is 45.2 Å². The second kappa shape index (κ2) is 8.32. The summed E-state index contributed by atoms with van der Waals surface area (Å²) in [5.41, 5.74) is 3.33. The molecule has 1 fully saturated rings. The van der Waals surface area contributed by atoms with E-state index in [-0.39, 0.29) is 6.61 Å². The van der Waals surface area contributed by atoms with Gasteiger partial charge in [-0.25, -0.2) is 4.98 Å². The average molecular weight is 341 g/mol. The van der Waals surface area contributed by atoms with Gasteiger partial charge < -0.3 is 19.9 Å². The second-order valence-corrected chi connectivity index (χ2v) is 6.64. The predicted octanol–water partition coefficient (Wildman–Crippen LogP) is 2.38. The van der Waals surface area contributed by atoms with Gasteiger partial charge in [-0.05, 0) is 43.9 Å². The highest BCUT2D eigenvalue weighted by molar-refractivity contribution is 5.79. The van der Waals surface area contributed by atoms with Crippen LogP contribution >= 0.6 is 0 Å². The Morgan fingerprint density at radius 1 is 1.36 bits per heavy atom. The Balaban J connectivity index is 1.74. The van der Waals surface area contributed by atoms with Crippen LogP contribution in [0.5, 0.6) is 0 Å². The minimum Gasteiger partial charge on any atom is -0.395 e. The summed E-state index contributed by atoms with van der Waals surface area (Å²) in [5, 5.41) is 21.5. The molecule has 2 N–H and O–H groups in total. The normalized spacial score (nSPS) is 16.2. The third kappa shape index (κ3) is 4.12. The standard InChI is InChI=1S/C19H27N5O/c1-2-24-18-14-15(4-3-9-20)5-6-17(18)22-19(24)21-16-7-10-23(11-8-16)12-13-25/h5-6,14,16,25H,2-4,7-8,10-13H2,1H3,(H,21,22). The molecule has 0 amide bonds. The molecule has 0 aliphatic carbocycles. The lowest BCUT2D eigenvalue weighted by Gasteiger charge is -2.32. The fourth-order valence-corrected chi connectivity index (χ4v) is 3.58. The van der Waals surface area contributed by atoms with Gasteiger partial charge in [0.2, 0.25) is 5.95 Å². The van der Waals surface area contributed by atoms with E-state index in [0.29, 0.717) is 12.5 Å². The maximum Gasteiger partial charge on any atom is 0.204 e. The summed E-state index contributed by atoms with van der Waals surface area (Å²) >= 11 is 0. The molecular weight excluding hydrogens is 314 g/mol. The number of nitriles is 1. The van der Waals surface area contributed by atoms with Gasteiger partial charge in [-0.2, -0.15) is 5.26 Å². The Bertz CT molecular complexity index is 740. The molecule has 0 atom stereocenters. The molecule has 134 valence electrons. The number of aliphatic hydroxyl groups is 1. The molecule has 2 heterocycles. The van der Waals surface area contributed by atoms with Crippen molar-refractivity contribution in [2.24, 2.45) is 0 Å². The van der Waals surface area contributed by atoms with E-state index in [1.807, 2.05) is 0 Å². The Kier molecular flexibility index (Phi) is 5.90. The van der Waals surface area contributed by atoms with Crippen molar-refractivity contribution in [3.8, 4) is 6.07 Å². The van der Waals surface area contributed by atoms with Gasteiger partial charge in [0, 0.05) is 38.6 Å². The van der Waals surface area contributed by atoms with Crippen LogP contribution in [0.2, 0.25) is 0 Å². The molecule has 1 aromatic carbocycles. The van der Waals surface area contributed by atoms with Crippen LogP contribution in [0.15, 0.2) is 18.2 Å². The lowest BCUT2D eigenvalue weighted by molar-refractivity contribution is 0.168. The number of fused-ring (bicyclic) bond motifs is 1. The molecule has 1 aliphatic rings. The van der Waals surface area contributed by atoms with Gasteiger partial charge in [0.25, 0.3) is 0 Å². The van der Waals surface area contributed by atoms with Crippen molar-refractivity contribution in [2.75, 3.05) is 31.6 Å². The number of rotatable bonds is 7. The zero-order valence-corrected chi connectivity index (χ0v) is 14.9. The van der Waals surface area contributed by atoms with E-state index in [2.05, 4.69) is 46.0 Å². The first-order valence-electron chi connectivity index (χ1n) is 9.21. The summed E-state index contributed by atoms with van der Waals surface area (Å²) in [6.07, 6.45) is 3.47. The van der Waals surface area contributed by atoms with Crippen LogP contribution in [0.25, 0.3) is 11.0 Å². The summed E-state index contributed by atoms with van der Waals surface area (Å²) in [4.78, 5) is 7.10. The molecule has 0 saturated carbocycles. The maximum absolute atomic E-state index is 9.06. The number of nitrogens with one attached hydrogen (secondary N) is 1. The number of hydrogen-bond donors (Lipinski definition) is 2. The third-order valence-electron chi connectivity index (χ3n) is 4.99. The number of imidazole rings is 1. The minimum absolute atomic E-state index is 0.234. The number of aliphatic hydroxyl groups excluding tert-OH is 1. The number of nitrogens with zero attached hydrogens (tertiary/aromatic N) is 4. The highest BCUT2D eigenvalue weighted by atomic mass is 16.3. The van der Waals surface area contributed by atoms with Crippen LogP contribution in [0.4, 0.5) is 5.95 Å². The molecule has 0 radical (unpaired) electrons. The van der Waals surface area contributed by atoms with Crippen LogP contribution < -0.4 is 5.32 Å². The smallest absolute Gasteiger partial charge is 0.204 e. The molecule has 0 bridgehead atoms. The molecule has 1 aromatic heterocycles. The molecule has 25 heavy (non-hydrogen) atoms. The maximum atomic E-state index is 9.06. The topological polar surface area (TPSA) is 77.1 Å². The summed E-state index contributed by atoms with van der Waals surface area (Å²) in [6.45, 7) is 6.04. The summed E-state index contributed by atoms with van der Waals surface area (Å²) in [6, 6.07) is 8.93.